The van der Waals surface area contributed by atoms with Gasteiger partial charge in [-0.05, 0) is 31.5 Å². The maximum absolute atomic E-state index is 13.3. The molecule has 5 nitrogen and oxygen atoms in total. The summed E-state index contributed by atoms with van der Waals surface area (Å²) >= 11 is 0. The van der Waals surface area contributed by atoms with Gasteiger partial charge in [-0.2, -0.15) is 4.31 Å². The van der Waals surface area contributed by atoms with E-state index in [1.807, 2.05) is 0 Å². The van der Waals surface area contributed by atoms with E-state index in [9.17, 15) is 17.9 Å². The molecule has 100 valence electrons. The van der Waals surface area contributed by atoms with Crippen LogP contribution in [0.4, 0.5) is 10.1 Å². The molecule has 0 radical (unpaired) electrons. The van der Waals surface area contributed by atoms with Crippen molar-refractivity contribution < 1.29 is 17.9 Å². The van der Waals surface area contributed by atoms with Crippen molar-refractivity contribution in [2.75, 3.05) is 18.8 Å². The number of sulfonamides is 1. The maximum Gasteiger partial charge on any atom is 0.243 e. The zero-order valence-electron chi connectivity index (χ0n) is 10.1. The Hall–Kier alpha value is -1.18. The largest absolute Gasteiger partial charge is 0.396 e. The first kappa shape index (κ1) is 13.3. The van der Waals surface area contributed by atoms with Gasteiger partial charge < -0.3 is 10.8 Å². The second-order valence-electron chi connectivity index (χ2n) is 4.91. The summed E-state index contributed by atoms with van der Waals surface area (Å²) in [6, 6.07) is 2.35. The fraction of sp³-hybridized carbons (Fsp3) is 0.455. The van der Waals surface area contributed by atoms with Gasteiger partial charge in [-0.1, -0.05) is 0 Å². The van der Waals surface area contributed by atoms with E-state index >= 15 is 0 Å². The van der Waals surface area contributed by atoms with Crippen LogP contribution in [0.15, 0.2) is 17.0 Å². The quantitative estimate of drug-likeness (QED) is 0.768. The first-order valence-corrected chi connectivity index (χ1v) is 6.86. The highest BCUT2D eigenvalue weighted by molar-refractivity contribution is 7.89. The molecule has 0 aromatic heterocycles. The van der Waals surface area contributed by atoms with Crippen LogP contribution in [-0.4, -0.2) is 36.5 Å². The summed E-state index contributed by atoms with van der Waals surface area (Å²) in [7, 11) is -3.71. The van der Waals surface area contributed by atoms with Crippen molar-refractivity contribution in [1.82, 2.24) is 4.31 Å². The molecule has 18 heavy (non-hydrogen) atoms. The van der Waals surface area contributed by atoms with Gasteiger partial charge in [0.25, 0.3) is 0 Å². The Kier molecular flexibility index (Phi) is 2.88. The molecule has 0 spiro atoms. The molecule has 0 amide bonds. The van der Waals surface area contributed by atoms with Crippen LogP contribution in [0.1, 0.15) is 12.5 Å². The van der Waals surface area contributed by atoms with Gasteiger partial charge in [0.1, 0.15) is 5.82 Å². The van der Waals surface area contributed by atoms with Crippen LogP contribution in [-0.2, 0) is 10.0 Å². The Labute approximate surface area is 105 Å². The molecule has 1 saturated heterocycles. The van der Waals surface area contributed by atoms with Crippen LogP contribution in [0.3, 0.4) is 0 Å². The fourth-order valence-corrected chi connectivity index (χ4v) is 3.74. The van der Waals surface area contributed by atoms with E-state index in [2.05, 4.69) is 0 Å². The SMILES string of the molecule is Cc1cc(S(=O)(=O)N2CC(C)(O)C2)cc(N)c1F. The van der Waals surface area contributed by atoms with Crippen molar-refractivity contribution in [2.24, 2.45) is 0 Å². The second kappa shape index (κ2) is 3.91. The maximum atomic E-state index is 13.3. The van der Waals surface area contributed by atoms with E-state index < -0.39 is 21.4 Å². The minimum absolute atomic E-state index is 0.0334. The molecule has 1 aromatic rings. The molecule has 2 rings (SSSR count). The first-order chi connectivity index (χ1) is 8.13. The van der Waals surface area contributed by atoms with Crippen molar-refractivity contribution in [2.45, 2.75) is 24.3 Å². The van der Waals surface area contributed by atoms with Gasteiger partial charge in [-0.3, -0.25) is 0 Å². The molecular weight excluding hydrogens is 259 g/mol. The first-order valence-electron chi connectivity index (χ1n) is 5.42. The predicted octanol–water partition coefficient (Wildman–Crippen LogP) is 0.472. The van der Waals surface area contributed by atoms with Crippen molar-refractivity contribution in [3.8, 4) is 0 Å². The van der Waals surface area contributed by atoms with Crippen LogP contribution in [0.5, 0.6) is 0 Å². The standard InChI is InChI=1S/C11H15FN2O3S/c1-7-3-8(4-9(13)10(7)12)18(16,17)14-5-11(2,15)6-14/h3-4,15H,5-6,13H2,1-2H3. The lowest BCUT2D eigenvalue weighted by Gasteiger charge is -2.42. The molecule has 1 aliphatic rings. The zero-order valence-corrected chi connectivity index (χ0v) is 11.0. The van der Waals surface area contributed by atoms with E-state index in [-0.39, 0.29) is 29.2 Å². The average Bonchev–Trinajstić information content (AvgIpc) is 2.21. The molecule has 0 atom stereocenters. The Balaban J connectivity index is 2.38. The van der Waals surface area contributed by atoms with Crippen molar-refractivity contribution in [3.63, 3.8) is 0 Å². The molecule has 1 heterocycles. The van der Waals surface area contributed by atoms with Gasteiger partial charge in [0.05, 0.1) is 16.2 Å². The number of nitrogens with zero attached hydrogens (tertiary/aromatic N) is 1. The average molecular weight is 274 g/mol. The highest BCUT2D eigenvalue weighted by atomic mass is 32.2. The Bertz CT molecular complexity index is 567. The summed E-state index contributed by atoms with van der Waals surface area (Å²) in [5.74, 6) is -0.607. The molecule has 0 bridgehead atoms. The van der Waals surface area contributed by atoms with Gasteiger partial charge in [0.2, 0.25) is 10.0 Å². The summed E-state index contributed by atoms with van der Waals surface area (Å²) in [5.41, 5.74) is 4.42. The molecule has 0 saturated carbocycles. The third-order valence-corrected chi connectivity index (χ3v) is 4.70. The summed E-state index contributed by atoms with van der Waals surface area (Å²) in [6.45, 7) is 3.08. The van der Waals surface area contributed by atoms with Gasteiger partial charge in [0, 0.05) is 13.1 Å². The second-order valence-corrected chi connectivity index (χ2v) is 6.85. The zero-order chi connectivity index (χ0) is 13.7. The Morgan fingerprint density at radius 3 is 2.44 bits per heavy atom. The van der Waals surface area contributed by atoms with E-state index in [1.165, 1.54) is 13.0 Å². The number of aliphatic hydroxyl groups is 1. The molecule has 7 heteroatoms. The van der Waals surface area contributed by atoms with Crippen molar-refractivity contribution in [3.05, 3.63) is 23.5 Å². The van der Waals surface area contributed by atoms with Crippen LogP contribution < -0.4 is 5.73 Å². The topological polar surface area (TPSA) is 83.6 Å². The van der Waals surface area contributed by atoms with Crippen molar-refractivity contribution in [1.29, 1.82) is 0 Å². The molecule has 1 aromatic carbocycles. The van der Waals surface area contributed by atoms with Crippen LogP contribution in [0.2, 0.25) is 0 Å². The van der Waals surface area contributed by atoms with Crippen LogP contribution >= 0.6 is 0 Å². The molecule has 0 unspecified atom stereocenters. The number of nitrogens with two attached hydrogens (primary N) is 1. The number of aryl methyl sites for hydroxylation is 1. The molecule has 1 fully saturated rings. The number of benzene rings is 1. The molecule has 1 aliphatic heterocycles. The predicted molar refractivity (Wildman–Crippen MR) is 64.9 cm³/mol. The minimum Gasteiger partial charge on any atom is -0.396 e. The molecule has 0 aliphatic carbocycles. The fourth-order valence-electron chi connectivity index (χ4n) is 1.94. The molecular formula is C11H15FN2O3S. The number of hydrogen-bond acceptors (Lipinski definition) is 4. The van der Waals surface area contributed by atoms with E-state index in [0.29, 0.717) is 0 Å². The number of hydrogen-bond donors (Lipinski definition) is 2. The summed E-state index contributed by atoms with van der Waals surface area (Å²) in [6.07, 6.45) is 0. The van der Waals surface area contributed by atoms with Gasteiger partial charge in [0.15, 0.2) is 0 Å². The lowest BCUT2D eigenvalue weighted by molar-refractivity contribution is -0.0426. The normalized spacial score (nSPS) is 19.6. The van der Waals surface area contributed by atoms with Gasteiger partial charge in [-0.25, -0.2) is 12.8 Å². The molecule has 3 N–H and O–H groups in total. The highest BCUT2D eigenvalue weighted by Crippen LogP contribution is 2.29. The van der Waals surface area contributed by atoms with E-state index in [0.717, 1.165) is 10.4 Å². The minimum atomic E-state index is -3.71. The third-order valence-electron chi connectivity index (χ3n) is 2.93. The van der Waals surface area contributed by atoms with Crippen LogP contribution in [0, 0.1) is 12.7 Å². The number of rotatable bonds is 2. The van der Waals surface area contributed by atoms with Crippen molar-refractivity contribution >= 4 is 15.7 Å². The Morgan fingerprint density at radius 1 is 1.44 bits per heavy atom. The number of halogens is 1. The third kappa shape index (κ3) is 2.09. The summed E-state index contributed by atoms with van der Waals surface area (Å²) in [5, 5.41) is 9.56. The smallest absolute Gasteiger partial charge is 0.243 e. The number of anilines is 1. The van der Waals surface area contributed by atoms with Crippen LogP contribution in [0.25, 0.3) is 0 Å². The number of nitrogen functional groups attached to an aromatic ring is 1. The lowest BCUT2D eigenvalue weighted by Crippen LogP contribution is -2.61. The van der Waals surface area contributed by atoms with Gasteiger partial charge in [-0.15, -0.1) is 0 Å². The summed E-state index contributed by atoms with van der Waals surface area (Å²) in [4.78, 5) is -0.0469. The van der Waals surface area contributed by atoms with E-state index in [1.54, 1.807) is 6.92 Å². The van der Waals surface area contributed by atoms with Gasteiger partial charge >= 0.3 is 0 Å². The monoisotopic (exact) mass is 274 g/mol. The van der Waals surface area contributed by atoms with E-state index in [4.69, 9.17) is 5.73 Å². The highest BCUT2D eigenvalue weighted by Gasteiger charge is 2.44. The Morgan fingerprint density at radius 2 is 2.00 bits per heavy atom. The number of β-amino-alcohol motifs (C(OH)–C–C–N with tert-alkyl or cyclic N) is 1. The summed E-state index contributed by atoms with van der Waals surface area (Å²) < 4.78 is 38.8. The lowest BCUT2D eigenvalue weighted by atomic mass is 10.0.